The Morgan fingerprint density at radius 2 is 1.72 bits per heavy atom. The molecule has 0 unspecified atom stereocenters. The molecule has 0 atom stereocenters. The van der Waals surface area contributed by atoms with E-state index in [0.29, 0.717) is 31.7 Å². The number of carbonyl (C=O) groups excluding carboxylic acids is 2. The van der Waals surface area contributed by atoms with E-state index in [-0.39, 0.29) is 11.8 Å². The van der Waals surface area contributed by atoms with Crippen LogP contribution in [0.2, 0.25) is 0 Å². The molecule has 0 aliphatic carbocycles. The van der Waals surface area contributed by atoms with E-state index >= 15 is 0 Å². The molecule has 0 radical (unpaired) electrons. The lowest BCUT2D eigenvalue weighted by Gasteiger charge is -2.34. The Kier molecular flexibility index (Phi) is 5.50. The monoisotopic (exact) mass is 356 g/mol. The molecule has 25 heavy (non-hydrogen) atoms. The topological polar surface area (TPSA) is 49.9 Å². The highest BCUT2D eigenvalue weighted by atomic mass is 32.1. The van der Waals surface area contributed by atoms with Gasteiger partial charge in [0.25, 0.3) is 5.91 Å². The SMILES string of the molecule is COc1ccc(C(=O)N2CCN(C(=O)/C=C/c3cccs3)CC2)cc1. The normalized spacial score (nSPS) is 14.8. The fourth-order valence-electron chi connectivity index (χ4n) is 2.69. The number of methoxy groups -OCH3 is 1. The van der Waals surface area contributed by atoms with Crippen LogP contribution in [0.25, 0.3) is 6.08 Å². The molecule has 1 aliphatic heterocycles. The number of thiophene rings is 1. The summed E-state index contributed by atoms with van der Waals surface area (Å²) in [5.41, 5.74) is 0.637. The van der Waals surface area contributed by atoms with Crippen LogP contribution in [0.1, 0.15) is 15.2 Å². The second kappa shape index (κ2) is 7.98. The fraction of sp³-hybridized carbons (Fsp3) is 0.263. The van der Waals surface area contributed by atoms with Gasteiger partial charge in [0.15, 0.2) is 0 Å². The quantitative estimate of drug-likeness (QED) is 0.792. The number of nitrogens with zero attached hydrogens (tertiary/aromatic N) is 2. The number of benzene rings is 1. The van der Waals surface area contributed by atoms with Gasteiger partial charge in [0.05, 0.1) is 7.11 Å². The van der Waals surface area contributed by atoms with Crippen molar-refractivity contribution in [1.29, 1.82) is 0 Å². The van der Waals surface area contributed by atoms with Gasteiger partial charge in [0.2, 0.25) is 5.91 Å². The van der Waals surface area contributed by atoms with Gasteiger partial charge >= 0.3 is 0 Å². The molecule has 2 aromatic rings. The molecule has 1 aromatic carbocycles. The van der Waals surface area contributed by atoms with E-state index < -0.39 is 0 Å². The highest BCUT2D eigenvalue weighted by Gasteiger charge is 2.23. The molecule has 0 spiro atoms. The summed E-state index contributed by atoms with van der Waals surface area (Å²) in [6, 6.07) is 11.0. The number of rotatable bonds is 4. The molecule has 1 aromatic heterocycles. The van der Waals surface area contributed by atoms with E-state index in [1.165, 1.54) is 0 Å². The minimum Gasteiger partial charge on any atom is -0.497 e. The van der Waals surface area contributed by atoms with E-state index in [0.717, 1.165) is 10.6 Å². The summed E-state index contributed by atoms with van der Waals surface area (Å²) in [5.74, 6) is 0.707. The number of carbonyl (C=O) groups is 2. The lowest BCUT2D eigenvalue weighted by Crippen LogP contribution is -2.50. The van der Waals surface area contributed by atoms with Gasteiger partial charge < -0.3 is 14.5 Å². The van der Waals surface area contributed by atoms with Crippen molar-refractivity contribution >= 4 is 29.2 Å². The number of piperazine rings is 1. The molecule has 6 heteroatoms. The van der Waals surface area contributed by atoms with Gasteiger partial charge in [-0.2, -0.15) is 0 Å². The Bertz CT molecular complexity index is 745. The second-order valence-electron chi connectivity index (χ2n) is 5.69. The van der Waals surface area contributed by atoms with E-state index in [1.54, 1.807) is 58.6 Å². The van der Waals surface area contributed by atoms with Crippen LogP contribution in [0.4, 0.5) is 0 Å². The third-order valence-corrected chi connectivity index (χ3v) is 4.99. The highest BCUT2D eigenvalue weighted by molar-refractivity contribution is 7.10. The van der Waals surface area contributed by atoms with Crippen LogP contribution >= 0.6 is 11.3 Å². The van der Waals surface area contributed by atoms with E-state index in [1.807, 2.05) is 23.6 Å². The standard InChI is InChI=1S/C19H20N2O3S/c1-24-16-6-4-15(5-7-16)19(23)21-12-10-20(11-13-21)18(22)9-8-17-3-2-14-25-17/h2-9,14H,10-13H2,1H3/b9-8+. The molecular formula is C19H20N2O3S. The Morgan fingerprint density at radius 1 is 1.04 bits per heavy atom. The zero-order valence-electron chi connectivity index (χ0n) is 14.1. The molecule has 0 bridgehead atoms. The Morgan fingerprint density at radius 3 is 2.32 bits per heavy atom. The van der Waals surface area contributed by atoms with E-state index in [9.17, 15) is 9.59 Å². The minimum absolute atomic E-state index is 0.00931. The molecular weight excluding hydrogens is 336 g/mol. The van der Waals surface area contributed by atoms with E-state index in [2.05, 4.69) is 0 Å². The zero-order chi connectivity index (χ0) is 17.6. The molecule has 130 valence electrons. The van der Waals surface area contributed by atoms with Gasteiger partial charge in [-0.05, 0) is 41.8 Å². The summed E-state index contributed by atoms with van der Waals surface area (Å²) in [6.07, 6.45) is 3.44. The van der Waals surface area contributed by atoms with Crippen molar-refractivity contribution < 1.29 is 14.3 Å². The summed E-state index contributed by atoms with van der Waals surface area (Å²) < 4.78 is 5.11. The summed E-state index contributed by atoms with van der Waals surface area (Å²) >= 11 is 1.60. The molecule has 1 fully saturated rings. The molecule has 2 heterocycles. The maximum atomic E-state index is 12.5. The molecule has 0 saturated carbocycles. The van der Waals surface area contributed by atoms with Crippen molar-refractivity contribution in [3.63, 3.8) is 0 Å². The van der Waals surface area contributed by atoms with Crippen LogP contribution in [-0.4, -0.2) is 54.9 Å². The second-order valence-corrected chi connectivity index (χ2v) is 6.67. The predicted molar refractivity (Wildman–Crippen MR) is 98.8 cm³/mol. The highest BCUT2D eigenvalue weighted by Crippen LogP contribution is 2.15. The van der Waals surface area contributed by atoms with Crippen LogP contribution in [0.15, 0.2) is 47.9 Å². The summed E-state index contributed by atoms with van der Waals surface area (Å²) in [5, 5.41) is 1.98. The van der Waals surface area contributed by atoms with Crippen molar-refractivity contribution in [3.8, 4) is 5.75 Å². The van der Waals surface area contributed by atoms with Gasteiger partial charge in [-0.3, -0.25) is 9.59 Å². The molecule has 0 N–H and O–H groups in total. The Balaban J connectivity index is 1.54. The van der Waals surface area contributed by atoms with Crippen LogP contribution in [0, 0.1) is 0 Å². The molecule has 1 saturated heterocycles. The molecule has 5 nitrogen and oxygen atoms in total. The average Bonchev–Trinajstić information content (AvgIpc) is 3.19. The van der Waals surface area contributed by atoms with Crippen LogP contribution in [-0.2, 0) is 4.79 Å². The van der Waals surface area contributed by atoms with Crippen LogP contribution in [0.5, 0.6) is 5.75 Å². The lowest BCUT2D eigenvalue weighted by atomic mass is 10.1. The van der Waals surface area contributed by atoms with Crippen molar-refractivity contribution in [2.45, 2.75) is 0 Å². The van der Waals surface area contributed by atoms with Gasteiger partial charge in [0, 0.05) is 42.7 Å². The Hall–Kier alpha value is -2.60. The van der Waals surface area contributed by atoms with Crippen molar-refractivity contribution in [1.82, 2.24) is 9.80 Å². The maximum absolute atomic E-state index is 12.5. The summed E-state index contributed by atoms with van der Waals surface area (Å²) in [4.78, 5) is 29.4. The predicted octanol–water partition coefficient (Wildman–Crippen LogP) is 2.75. The van der Waals surface area contributed by atoms with E-state index in [4.69, 9.17) is 4.74 Å². The summed E-state index contributed by atoms with van der Waals surface area (Å²) in [7, 11) is 1.60. The number of ether oxygens (including phenoxy) is 1. The van der Waals surface area contributed by atoms with Crippen molar-refractivity contribution in [2.24, 2.45) is 0 Å². The number of hydrogen-bond donors (Lipinski definition) is 0. The van der Waals surface area contributed by atoms with Crippen molar-refractivity contribution in [3.05, 3.63) is 58.3 Å². The third kappa shape index (κ3) is 4.28. The van der Waals surface area contributed by atoms with Crippen LogP contribution < -0.4 is 4.74 Å². The minimum atomic E-state index is -0.0103. The molecule has 3 rings (SSSR count). The third-order valence-electron chi connectivity index (χ3n) is 4.15. The summed E-state index contributed by atoms with van der Waals surface area (Å²) in [6.45, 7) is 2.19. The van der Waals surface area contributed by atoms with Crippen LogP contribution in [0.3, 0.4) is 0 Å². The fourth-order valence-corrected chi connectivity index (χ4v) is 3.31. The van der Waals surface area contributed by atoms with Gasteiger partial charge in [-0.15, -0.1) is 11.3 Å². The van der Waals surface area contributed by atoms with Gasteiger partial charge in [0.1, 0.15) is 5.75 Å². The first-order chi connectivity index (χ1) is 12.2. The smallest absolute Gasteiger partial charge is 0.253 e. The zero-order valence-corrected chi connectivity index (χ0v) is 14.9. The Labute approximate surface area is 151 Å². The average molecular weight is 356 g/mol. The first kappa shape index (κ1) is 17.2. The first-order valence-electron chi connectivity index (χ1n) is 8.11. The van der Waals surface area contributed by atoms with Gasteiger partial charge in [-0.25, -0.2) is 0 Å². The largest absolute Gasteiger partial charge is 0.497 e. The number of amides is 2. The lowest BCUT2D eigenvalue weighted by molar-refractivity contribution is -0.127. The maximum Gasteiger partial charge on any atom is 0.253 e. The first-order valence-corrected chi connectivity index (χ1v) is 8.99. The molecule has 2 amide bonds. The number of hydrogen-bond acceptors (Lipinski definition) is 4. The van der Waals surface area contributed by atoms with Crippen molar-refractivity contribution in [2.75, 3.05) is 33.3 Å². The van der Waals surface area contributed by atoms with Gasteiger partial charge in [-0.1, -0.05) is 6.07 Å². The molecule has 1 aliphatic rings.